The summed E-state index contributed by atoms with van der Waals surface area (Å²) >= 11 is 0. The molecule has 0 aliphatic carbocycles. The van der Waals surface area contributed by atoms with E-state index in [1.165, 1.54) is 12.1 Å². The van der Waals surface area contributed by atoms with Gasteiger partial charge in [-0.3, -0.25) is 9.78 Å². The maximum atomic E-state index is 13.4. The standard InChI is InChI=1S/C25H24FN5O/c1-16(17-8-10-20(26)11-9-17)23-22(13-18-5-2-3-6-19(18)14-27)29-25(30-24(23)32)31-12-4-7-21(28)15-31/h2-3,5-6,8-11,21H,1,4,7,12-13,15,28H2,(H,29,30,32)/t21-/m1/s1. The van der Waals surface area contributed by atoms with Crippen LogP contribution in [0.15, 0.2) is 59.9 Å². The lowest BCUT2D eigenvalue weighted by Crippen LogP contribution is -2.44. The number of H-pyrrole nitrogens is 1. The second kappa shape index (κ2) is 9.16. The van der Waals surface area contributed by atoms with Gasteiger partial charge in [-0.25, -0.2) is 9.37 Å². The first-order valence-corrected chi connectivity index (χ1v) is 10.5. The SMILES string of the molecule is C=C(c1ccc(F)cc1)c1c(Cc2ccccc2C#N)nc(N2CCC[C@@H](N)C2)[nH]c1=O. The van der Waals surface area contributed by atoms with Crippen LogP contribution < -0.4 is 16.2 Å². The van der Waals surface area contributed by atoms with Gasteiger partial charge in [0.1, 0.15) is 5.82 Å². The molecular weight excluding hydrogens is 405 g/mol. The molecule has 3 N–H and O–H groups in total. The molecule has 1 fully saturated rings. The lowest BCUT2D eigenvalue weighted by molar-refractivity contribution is 0.499. The third-order valence-corrected chi connectivity index (χ3v) is 5.73. The highest BCUT2D eigenvalue weighted by atomic mass is 19.1. The van der Waals surface area contributed by atoms with Gasteiger partial charge in [0.05, 0.1) is 22.9 Å². The van der Waals surface area contributed by atoms with Crippen molar-refractivity contribution in [3.8, 4) is 6.07 Å². The van der Waals surface area contributed by atoms with Gasteiger partial charge in [-0.05, 0) is 47.7 Å². The van der Waals surface area contributed by atoms with E-state index in [4.69, 9.17) is 10.7 Å². The first-order valence-electron chi connectivity index (χ1n) is 10.5. The molecular formula is C25H24FN5O. The molecule has 0 bridgehead atoms. The maximum absolute atomic E-state index is 13.4. The van der Waals surface area contributed by atoms with Crippen LogP contribution in [0.5, 0.6) is 0 Å². The van der Waals surface area contributed by atoms with Gasteiger partial charge in [-0.1, -0.05) is 36.9 Å². The predicted molar refractivity (Wildman–Crippen MR) is 123 cm³/mol. The highest BCUT2D eigenvalue weighted by molar-refractivity contribution is 5.79. The van der Waals surface area contributed by atoms with Gasteiger partial charge in [-0.15, -0.1) is 0 Å². The number of hydrogen-bond donors (Lipinski definition) is 2. The molecule has 2 heterocycles. The van der Waals surface area contributed by atoms with Crippen LogP contribution in [0, 0.1) is 17.1 Å². The number of anilines is 1. The number of nitrogens with zero attached hydrogens (tertiary/aromatic N) is 3. The molecule has 0 radical (unpaired) electrons. The molecule has 4 rings (SSSR count). The minimum absolute atomic E-state index is 0.0191. The van der Waals surface area contributed by atoms with E-state index < -0.39 is 0 Å². The number of aromatic nitrogens is 2. The Hall–Kier alpha value is -3.76. The molecule has 2 aromatic carbocycles. The second-order valence-corrected chi connectivity index (χ2v) is 7.99. The van der Waals surface area contributed by atoms with Gasteiger partial charge >= 0.3 is 0 Å². The first-order chi connectivity index (χ1) is 15.5. The van der Waals surface area contributed by atoms with Gasteiger partial charge in [0.25, 0.3) is 5.56 Å². The van der Waals surface area contributed by atoms with Crippen LogP contribution in [-0.2, 0) is 6.42 Å². The minimum atomic E-state index is -0.367. The normalized spacial score (nSPS) is 15.9. The highest BCUT2D eigenvalue weighted by Crippen LogP contribution is 2.25. The van der Waals surface area contributed by atoms with E-state index in [0.29, 0.717) is 40.5 Å². The summed E-state index contributed by atoms with van der Waals surface area (Å²) in [4.78, 5) is 22.9. The van der Waals surface area contributed by atoms with Crippen molar-refractivity contribution in [1.29, 1.82) is 5.26 Å². The van der Waals surface area contributed by atoms with Crippen molar-refractivity contribution in [3.05, 3.63) is 99.2 Å². The molecule has 0 amide bonds. The average molecular weight is 429 g/mol. The summed E-state index contributed by atoms with van der Waals surface area (Å²) in [6.45, 7) is 5.46. The smallest absolute Gasteiger partial charge is 0.260 e. The van der Waals surface area contributed by atoms with E-state index >= 15 is 0 Å². The van der Waals surface area contributed by atoms with Crippen molar-refractivity contribution in [2.75, 3.05) is 18.0 Å². The fourth-order valence-electron chi connectivity index (χ4n) is 4.06. The quantitative estimate of drug-likeness (QED) is 0.648. The first kappa shape index (κ1) is 21.5. The van der Waals surface area contributed by atoms with E-state index in [9.17, 15) is 14.4 Å². The third-order valence-electron chi connectivity index (χ3n) is 5.73. The van der Waals surface area contributed by atoms with Crippen molar-refractivity contribution in [3.63, 3.8) is 0 Å². The third kappa shape index (κ3) is 4.46. The van der Waals surface area contributed by atoms with Crippen LogP contribution in [-0.4, -0.2) is 29.1 Å². The molecule has 1 saturated heterocycles. The van der Waals surface area contributed by atoms with Crippen LogP contribution in [0.1, 0.15) is 40.8 Å². The Labute approximate surface area is 185 Å². The van der Waals surface area contributed by atoms with Crippen LogP contribution in [0.3, 0.4) is 0 Å². The Bertz CT molecular complexity index is 1240. The fraction of sp³-hybridized carbons (Fsp3) is 0.240. The van der Waals surface area contributed by atoms with Crippen LogP contribution in [0.2, 0.25) is 0 Å². The molecule has 162 valence electrons. The van der Waals surface area contributed by atoms with Crippen molar-refractivity contribution < 1.29 is 4.39 Å². The summed E-state index contributed by atoms with van der Waals surface area (Å²) in [5, 5.41) is 9.51. The number of halogens is 1. The van der Waals surface area contributed by atoms with E-state index in [0.717, 1.165) is 24.9 Å². The second-order valence-electron chi connectivity index (χ2n) is 7.99. The molecule has 6 nitrogen and oxygen atoms in total. The summed E-state index contributed by atoms with van der Waals surface area (Å²) in [6.07, 6.45) is 2.14. The van der Waals surface area contributed by atoms with Crippen molar-refractivity contribution in [2.24, 2.45) is 5.73 Å². The number of nitrogens with one attached hydrogen (secondary N) is 1. The molecule has 0 unspecified atom stereocenters. The topological polar surface area (TPSA) is 98.8 Å². The Morgan fingerprint density at radius 1 is 1.28 bits per heavy atom. The summed E-state index contributed by atoms with van der Waals surface area (Å²) in [5.41, 5.74) is 9.00. The Balaban J connectivity index is 1.82. The van der Waals surface area contributed by atoms with Crippen molar-refractivity contribution in [1.82, 2.24) is 9.97 Å². The monoisotopic (exact) mass is 429 g/mol. The largest absolute Gasteiger partial charge is 0.341 e. The van der Waals surface area contributed by atoms with Crippen LogP contribution >= 0.6 is 0 Å². The molecule has 0 saturated carbocycles. The molecule has 7 heteroatoms. The zero-order valence-electron chi connectivity index (χ0n) is 17.6. The van der Waals surface area contributed by atoms with E-state index in [-0.39, 0.29) is 23.8 Å². The van der Waals surface area contributed by atoms with E-state index in [1.54, 1.807) is 24.3 Å². The van der Waals surface area contributed by atoms with Gasteiger partial charge in [0.15, 0.2) is 0 Å². The zero-order chi connectivity index (χ0) is 22.7. The molecule has 1 atom stereocenters. The molecule has 0 spiro atoms. The van der Waals surface area contributed by atoms with Crippen LogP contribution in [0.25, 0.3) is 5.57 Å². The number of piperidine rings is 1. The maximum Gasteiger partial charge on any atom is 0.260 e. The summed E-state index contributed by atoms with van der Waals surface area (Å²) in [7, 11) is 0. The summed E-state index contributed by atoms with van der Waals surface area (Å²) < 4.78 is 13.4. The van der Waals surface area contributed by atoms with E-state index in [1.807, 2.05) is 17.0 Å². The van der Waals surface area contributed by atoms with Gasteiger partial charge in [0, 0.05) is 25.6 Å². The lowest BCUT2D eigenvalue weighted by Gasteiger charge is -2.31. The van der Waals surface area contributed by atoms with Crippen molar-refractivity contribution in [2.45, 2.75) is 25.3 Å². The number of aromatic amines is 1. The Morgan fingerprint density at radius 3 is 2.75 bits per heavy atom. The molecule has 1 aliphatic rings. The molecule has 3 aromatic rings. The molecule has 1 aliphatic heterocycles. The predicted octanol–water partition coefficient (Wildman–Crippen LogP) is 3.36. The summed E-state index contributed by atoms with van der Waals surface area (Å²) in [6, 6.07) is 15.3. The molecule has 32 heavy (non-hydrogen) atoms. The average Bonchev–Trinajstić information content (AvgIpc) is 2.79. The summed E-state index contributed by atoms with van der Waals surface area (Å²) in [5.74, 6) is 0.0961. The van der Waals surface area contributed by atoms with E-state index in [2.05, 4.69) is 17.6 Å². The Morgan fingerprint density at radius 2 is 2.03 bits per heavy atom. The van der Waals surface area contributed by atoms with Crippen molar-refractivity contribution >= 4 is 11.5 Å². The molecule has 1 aromatic heterocycles. The number of rotatable bonds is 5. The highest BCUT2D eigenvalue weighted by Gasteiger charge is 2.23. The number of nitrogens with two attached hydrogens (primary N) is 1. The number of benzene rings is 2. The van der Waals surface area contributed by atoms with Gasteiger partial charge in [-0.2, -0.15) is 5.26 Å². The number of hydrogen-bond acceptors (Lipinski definition) is 5. The Kier molecular flexibility index (Phi) is 6.15. The van der Waals surface area contributed by atoms with Gasteiger partial charge < -0.3 is 10.6 Å². The minimum Gasteiger partial charge on any atom is -0.341 e. The van der Waals surface area contributed by atoms with Crippen LogP contribution in [0.4, 0.5) is 10.3 Å². The fourth-order valence-corrected chi connectivity index (χ4v) is 4.06. The number of nitriles is 1. The lowest BCUT2D eigenvalue weighted by atomic mass is 9.95. The zero-order valence-corrected chi connectivity index (χ0v) is 17.6. The van der Waals surface area contributed by atoms with Gasteiger partial charge in [0.2, 0.25) is 5.95 Å².